The first-order chi connectivity index (χ1) is 8.65. The number of ether oxygens (including phenoxy) is 1. The minimum Gasteiger partial charge on any atom is -0.480 e. The van der Waals surface area contributed by atoms with Crippen LogP contribution in [-0.2, 0) is 9.53 Å². The molecular weight excluding hydrogens is 236 g/mol. The van der Waals surface area contributed by atoms with Gasteiger partial charge in [-0.3, -0.25) is 0 Å². The number of carboxylic acid groups (broad SMARTS) is 1. The maximum atomic E-state index is 12.4. The Morgan fingerprint density at radius 1 is 1.39 bits per heavy atom. The molecule has 0 spiro atoms. The van der Waals surface area contributed by atoms with Crippen molar-refractivity contribution in [2.24, 2.45) is 0 Å². The van der Waals surface area contributed by atoms with Crippen molar-refractivity contribution in [2.45, 2.75) is 37.8 Å². The van der Waals surface area contributed by atoms with Crippen molar-refractivity contribution in [3.63, 3.8) is 0 Å². The molecule has 1 saturated heterocycles. The second kappa shape index (κ2) is 5.56. The first-order valence-electron chi connectivity index (χ1n) is 6.44. The molecule has 2 amide bonds. The average molecular weight is 256 g/mol. The summed E-state index contributed by atoms with van der Waals surface area (Å²) in [4.78, 5) is 26.7. The van der Waals surface area contributed by atoms with Crippen molar-refractivity contribution in [1.82, 2.24) is 9.80 Å². The van der Waals surface area contributed by atoms with Crippen LogP contribution in [0.2, 0.25) is 0 Å². The third kappa shape index (κ3) is 2.75. The van der Waals surface area contributed by atoms with E-state index in [0.717, 1.165) is 19.3 Å². The van der Waals surface area contributed by atoms with Gasteiger partial charge in [-0.15, -0.1) is 0 Å². The first kappa shape index (κ1) is 13.1. The predicted octanol–water partition coefficient (Wildman–Crippen LogP) is 0.766. The first-order valence-corrected chi connectivity index (χ1v) is 6.44. The number of rotatable bonds is 5. The van der Waals surface area contributed by atoms with Crippen molar-refractivity contribution in [3.8, 4) is 0 Å². The van der Waals surface area contributed by atoms with Crippen LogP contribution in [0.25, 0.3) is 0 Å². The number of carbonyl (C=O) groups is 2. The van der Waals surface area contributed by atoms with E-state index in [1.165, 1.54) is 4.90 Å². The van der Waals surface area contributed by atoms with Gasteiger partial charge in [0.05, 0.1) is 6.61 Å². The molecule has 6 nitrogen and oxygen atoms in total. The van der Waals surface area contributed by atoms with Gasteiger partial charge in [-0.1, -0.05) is 0 Å². The molecule has 0 radical (unpaired) electrons. The second-order valence-corrected chi connectivity index (χ2v) is 4.89. The minimum atomic E-state index is -0.900. The lowest BCUT2D eigenvalue weighted by Crippen LogP contribution is -2.49. The van der Waals surface area contributed by atoms with Gasteiger partial charge in [0.25, 0.3) is 0 Å². The molecule has 1 heterocycles. The van der Waals surface area contributed by atoms with Crippen LogP contribution < -0.4 is 0 Å². The van der Waals surface area contributed by atoms with Gasteiger partial charge in [0.2, 0.25) is 0 Å². The van der Waals surface area contributed by atoms with Crippen LogP contribution in [0.1, 0.15) is 25.7 Å². The number of hydrogen-bond donors (Lipinski definition) is 1. The van der Waals surface area contributed by atoms with E-state index < -0.39 is 12.0 Å². The Bertz CT molecular complexity index is 330. The molecule has 2 rings (SSSR count). The van der Waals surface area contributed by atoms with Crippen LogP contribution in [0.4, 0.5) is 4.79 Å². The van der Waals surface area contributed by atoms with Crippen LogP contribution in [0.15, 0.2) is 0 Å². The molecule has 1 atom stereocenters. The van der Waals surface area contributed by atoms with Crippen LogP contribution in [-0.4, -0.2) is 65.8 Å². The van der Waals surface area contributed by atoms with Gasteiger partial charge in [-0.25, -0.2) is 9.59 Å². The van der Waals surface area contributed by atoms with Gasteiger partial charge >= 0.3 is 12.0 Å². The number of carbonyl (C=O) groups excluding carboxylic acids is 1. The Balaban J connectivity index is 2.00. The zero-order chi connectivity index (χ0) is 13.1. The highest BCUT2D eigenvalue weighted by Crippen LogP contribution is 2.29. The van der Waals surface area contributed by atoms with Crippen LogP contribution in [0.3, 0.4) is 0 Å². The summed E-state index contributed by atoms with van der Waals surface area (Å²) in [5.74, 6) is -0.900. The van der Waals surface area contributed by atoms with Crippen LogP contribution in [0, 0.1) is 0 Å². The highest BCUT2D eigenvalue weighted by Gasteiger charge is 2.40. The molecular formula is C12H20N2O4. The van der Waals surface area contributed by atoms with Gasteiger partial charge in [0.15, 0.2) is 0 Å². The molecule has 18 heavy (non-hydrogen) atoms. The Morgan fingerprint density at radius 3 is 2.67 bits per heavy atom. The number of nitrogens with zero attached hydrogens (tertiary/aromatic N) is 2. The SMILES string of the molecule is COCCN(C(=O)N1CCCC1C(=O)O)C1CC1. The van der Waals surface area contributed by atoms with Crippen molar-refractivity contribution in [3.05, 3.63) is 0 Å². The second-order valence-electron chi connectivity index (χ2n) is 4.89. The predicted molar refractivity (Wildman–Crippen MR) is 64.4 cm³/mol. The maximum Gasteiger partial charge on any atom is 0.326 e. The van der Waals surface area contributed by atoms with E-state index in [-0.39, 0.29) is 12.1 Å². The summed E-state index contributed by atoms with van der Waals surface area (Å²) in [6.45, 7) is 1.59. The maximum absolute atomic E-state index is 12.4. The lowest BCUT2D eigenvalue weighted by molar-refractivity contribution is -0.141. The smallest absolute Gasteiger partial charge is 0.326 e. The summed E-state index contributed by atoms with van der Waals surface area (Å²) in [6.07, 6.45) is 3.36. The Hall–Kier alpha value is -1.30. The number of aliphatic carboxylic acids is 1. The summed E-state index contributed by atoms with van der Waals surface area (Å²) >= 11 is 0. The average Bonchev–Trinajstić information content (AvgIpc) is 3.05. The van der Waals surface area contributed by atoms with E-state index in [9.17, 15) is 9.59 Å². The number of hydrogen-bond acceptors (Lipinski definition) is 3. The van der Waals surface area contributed by atoms with Crippen LogP contribution >= 0.6 is 0 Å². The van der Waals surface area contributed by atoms with E-state index in [1.807, 2.05) is 0 Å². The summed E-state index contributed by atoms with van der Waals surface area (Å²) in [5, 5.41) is 9.11. The normalized spacial score (nSPS) is 23.2. The zero-order valence-corrected chi connectivity index (χ0v) is 10.7. The lowest BCUT2D eigenvalue weighted by atomic mass is 10.2. The third-order valence-corrected chi connectivity index (χ3v) is 3.55. The monoisotopic (exact) mass is 256 g/mol. The highest BCUT2D eigenvalue weighted by molar-refractivity contribution is 5.83. The van der Waals surface area contributed by atoms with E-state index >= 15 is 0 Å². The summed E-state index contributed by atoms with van der Waals surface area (Å²) in [7, 11) is 1.60. The fraction of sp³-hybridized carbons (Fsp3) is 0.833. The molecule has 0 aromatic rings. The molecule has 1 aliphatic carbocycles. The summed E-state index contributed by atoms with van der Waals surface area (Å²) in [5.41, 5.74) is 0. The molecule has 0 aromatic carbocycles. The molecule has 1 aliphatic heterocycles. The molecule has 2 fully saturated rings. The summed E-state index contributed by atoms with van der Waals surface area (Å²) in [6, 6.07) is -0.511. The zero-order valence-electron chi connectivity index (χ0n) is 10.7. The molecule has 0 aromatic heterocycles. The van der Waals surface area contributed by atoms with Crippen molar-refractivity contribution in [2.75, 3.05) is 26.8 Å². The van der Waals surface area contributed by atoms with Gasteiger partial charge in [-0.05, 0) is 25.7 Å². The Labute approximate surface area is 106 Å². The number of urea groups is 1. The Kier molecular flexibility index (Phi) is 4.06. The van der Waals surface area contributed by atoms with Gasteiger partial charge in [0, 0.05) is 26.2 Å². The number of methoxy groups -OCH3 is 1. The van der Waals surface area contributed by atoms with Gasteiger partial charge in [0.1, 0.15) is 6.04 Å². The Morgan fingerprint density at radius 2 is 2.11 bits per heavy atom. The quantitative estimate of drug-likeness (QED) is 0.788. The fourth-order valence-corrected chi connectivity index (χ4v) is 2.43. The molecule has 1 unspecified atom stereocenters. The van der Waals surface area contributed by atoms with E-state index in [4.69, 9.17) is 9.84 Å². The van der Waals surface area contributed by atoms with Gasteiger partial charge in [-0.2, -0.15) is 0 Å². The number of carboxylic acids is 1. The number of amides is 2. The van der Waals surface area contributed by atoms with E-state index in [2.05, 4.69) is 0 Å². The third-order valence-electron chi connectivity index (χ3n) is 3.55. The van der Waals surface area contributed by atoms with Gasteiger partial charge < -0.3 is 19.6 Å². The molecule has 102 valence electrons. The van der Waals surface area contributed by atoms with Crippen molar-refractivity contribution in [1.29, 1.82) is 0 Å². The molecule has 1 N–H and O–H groups in total. The van der Waals surface area contributed by atoms with Crippen molar-refractivity contribution >= 4 is 12.0 Å². The van der Waals surface area contributed by atoms with Crippen molar-refractivity contribution < 1.29 is 19.4 Å². The topological polar surface area (TPSA) is 70.1 Å². The van der Waals surface area contributed by atoms with Crippen LogP contribution in [0.5, 0.6) is 0 Å². The lowest BCUT2D eigenvalue weighted by Gasteiger charge is -2.30. The largest absolute Gasteiger partial charge is 0.480 e. The fourth-order valence-electron chi connectivity index (χ4n) is 2.43. The summed E-state index contributed by atoms with van der Waals surface area (Å²) < 4.78 is 5.01. The minimum absolute atomic E-state index is 0.139. The standard InChI is InChI=1S/C12H20N2O4/c1-18-8-7-13(9-4-5-9)12(17)14-6-2-3-10(14)11(15)16/h9-10H,2-8H2,1H3,(H,15,16). The molecule has 0 bridgehead atoms. The highest BCUT2D eigenvalue weighted by atomic mass is 16.5. The molecule has 1 saturated carbocycles. The van der Waals surface area contributed by atoms with E-state index in [0.29, 0.717) is 26.1 Å². The molecule has 6 heteroatoms. The number of likely N-dealkylation sites (tertiary alicyclic amines) is 1. The molecule has 2 aliphatic rings. The van der Waals surface area contributed by atoms with E-state index in [1.54, 1.807) is 12.0 Å².